The number of anilines is 1. The van der Waals surface area contributed by atoms with Crippen LogP contribution in [-0.4, -0.2) is 26.4 Å². The number of aryl methyl sites for hydroxylation is 1. The minimum atomic E-state index is -0.356. The van der Waals surface area contributed by atoms with E-state index < -0.39 is 0 Å². The minimum Gasteiger partial charge on any atom is -0.325 e. The first kappa shape index (κ1) is 19.4. The van der Waals surface area contributed by atoms with Gasteiger partial charge in [-0.15, -0.1) is 10.2 Å². The molecule has 0 fully saturated rings. The molecule has 0 saturated carbocycles. The Morgan fingerprint density at radius 2 is 2.04 bits per heavy atom. The second kappa shape index (κ2) is 8.54. The van der Waals surface area contributed by atoms with E-state index in [4.69, 9.17) is 11.6 Å². The minimum absolute atomic E-state index is 0.154. The van der Waals surface area contributed by atoms with Gasteiger partial charge in [0.1, 0.15) is 5.82 Å². The molecule has 8 heteroatoms. The number of hydrogen-bond acceptors (Lipinski definition) is 4. The van der Waals surface area contributed by atoms with Gasteiger partial charge in [-0.1, -0.05) is 41.6 Å². The van der Waals surface area contributed by atoms with Crippen LogP contribution in [0.1, 0.15) is 12.5 Å². The number of aromatic nitrogens is 3. The van der Waals surface area contributed by atoms with Gasteiger partial charge < -0.3 is 9.88 Å². The van der Waals surface area contributed by atoms with Gasteiger partial charge in [-0.3, -0.25) is 4.79 Å². The van der Waals surface area contributed by atoms with E-state index in [0.717, 1.165) is 5.56 Å². The van der Waals surface area contributed by atoms with Crippen molar-refractivity contribution in [2.24, 2.45) is 0 Å². The van der Waals surface area contributed by atoms with E-state index in [0.29, 0.717) is 33.8 Å². The molecule has 140 valence electrons. The predicted octanol–water partition coefficient (Wildman–Crippen LogP) is 4.80. The normalized spacial score (nSPS) is 10.8. The molecule has 0 saturated heterocycles. The topological polar surface area (TPSA) is 59.8 Å². The maximum atomic E-state index is 14.1. The Kier molecular flexibility index (Phi) is 6.13. The number of benzene rings is 2. The zero-order chi connectivity index (χ0) is 19.4. The molecule has 1 heterocycles. The Morgan fingerprint density at radius 1 is 1.26 bits per heavy atom. The largest absolute Gasteiger partial charge is 0.325 e. The van der Waals surface area contributed by atoms with Crippen molar-refractivity contribution in [2.75, 3.05) is 11.1 Å². The maximum absolute atomic E-state index is 14.1. The molecule has 0 spiro atoms. The van der Waals surface area contributed by atoms with Crippen LogP contribution in [0.3, 0.4) is 0 Å². The summed E-state index contributed by atoms with van der Waals surface area (Å²) in [6, 6.07) is 11.8. The van der Waals surface area contributed by atoms with Crippen LogP contribution in [-0.2, 0) is 11.3 Å². The molecule has 27 heavy (non-hydrogen) atoms. The number of halogens is 2. The summed E-state index contributed by atoms with van der Waals surface area (Å²) in [6.07, 6.45) is 0. The smallest absolute Gasteiger partial charge is 0.234 e. The van der Waals surface area contributed by atoms with Crippen molar-refractivity contribution in [3.05, 3.63) is 58.9 Å². The number of carbonyl (C=O) groups excluding carboxylic acids is 1. The molecule has 0 unspecified atom stereocenters. The summed E-state index contributed by atoms with van der Waals surface area (Å²) in [5.41, 5.74) is 1.99. The van der Waals surface area contributed by atoms with E-state index in [1.54, 1.807) is 34.9 Å². The van der Waals surface area contributed by atoms with Gasteiger partial charge in [0.15, 0.2) is 11.0 Å². The first-order valence-corrected chi connectivity index (χ1v) is 9.73. The molecule has 5 nitrogen and oxygen atoms in total. The molecule has 1 amide bonds. The molecule has 0 aliphatic carbocycles. The zero-order valence-electron chi connectivity index (χ0n) is 14.9. The molecule has 0 aliphatic heterocycles. The van der Waals surface area contributed by atoms with E-state index in [9.17, 15) is 9.18 Å². The standard InChI is InChI=1S/C19H18ClFN4OS/c1-3-25-18(14-6-4-5-7-15(14)21)23-24-19(25)27-11-17(26)22-16-10-13(20)9-8-12(16)2/h4-10H,3,11H2,1-2H3,(H,22,26). The Labute approximate surface area is 166 Å². The summed E-state index contributed by atoms with van der Waals surface area (Å²) in [4.78, 5) is 12.3. The van der Waals surface area contributed by atoms with Gasteiger partial charge in [-0.2, -0.15) is 0 Å². The Hall–Kier alpha value is -2.38. The number of hydrogen-bond donors (Lipinski definition) is 1. The lowest BCUT2D eigenvalue weighted by Gasteiger charge is -2.10. The van der Waals surface area contributed by atoms with E-state index >= 15 is 0 Å². The molecule has 0 bridgehead atoms. The lowest BCUT2D eigenvalue weighted by Crippen LogP contribution is -2.15. The third kappa shape index (κ3) is 4.48. The Bertz CT molecular complexity index is 976. The van der Waals surface area contributed by atoms with Crippen LogP contribution in [0, 0.1) is 12.7 Å². The summed E-state index contributed by atoms with van der Waals surface area (Å²) in [6.45, 7) is 4.38. The fourth-order valence-corrected chi connectivity index (χ4v) is 3.54. The summed E-state index contributed by atoms with van der Waals surface area (Å²) >= 11 is 7.23. The van der Waals surface area contributed by atoms with E-state index in [1.807, 2.05) is 19.9 Å². The third-order valence-electron chi connectivity index (χ3n) is 3.95. The molecule has 2 aromatic carbocycles. The first-order chi connectivity index (χ1) is 13.0. The lowest BCUT2D eigenvalue weighted by molar-refractivity contribution is -0.113. The molecule has 0 radical (unpaired) electrons. The van der Waals surface area contributed by atoms with Crippen molar-refractivity contribution in [3.8, 4) is 11.4 Å². The first-order valence-electron chi connectivity index (χ1n) is 8.36. The Balaban J connectivity index is 1.72. The highest BCUT2D eigenvalue weighted by molar-refractivity contribution is 7.99. The van der Waals surface area contributed by atoms with Crippen LogP contribution in [0.5, 0.6) is 0 Å². The molecule has 3 aromatic rings. The van der Waals surface area contributed by atoms with E-state index in [1.165, 1.54) is 17.8 Å². The van der Waals surface area contributed by atoms with Crippen molar-refractivity contribution < 1.29 is 9.18 Å². The molecule has 1 aromatic heterocycles. The maximum Gasteiger partial charge on any atom is 0.234 e. The fourth-order valence-electron chi connectivity index (χ4n) is 2.57. The van der Waals surface area contributed by atoms with Gasteiger partial charge in [-0.25, -0.2) is 4.39 Å². The molecule has 0 aliphatic rings. The van der Waals surface area contributed by atoms with Crippen LogP contribution in [0.15, 0.2) is 47.6 Å². The zero-order valence-corrected chi connectivity index (χ0v) is 16.4. The molecule has 1 N–H and O–H groups in total. The Morgan fingerprint density at radius 3 is 2.78 bits per heavy atom. The van der Waals surface area contributed by atoms with Crippen molar-refractivity contribution in [2.45, 2.75) is 25.5 Å². The number of carbonyl (C=O) groups is 1. The van der Waals surface area contributed by atoms with Gasteiger partial charge in [0.05, 0.1) is 11.3 Å². The number of nitrogens with one attached hydrogen (secondary N) is 1. The van der Waals surface area contributed by atoms with Crippen molar-refractivity contribution in [1.29, 1.82) is 0 Å². The molecular formula is C19H18ClFN4OS. The average Bonchev–Trinajstić information content (AvgIpc) is 3.06. The summed E-state index contributed by atoms with van der Waals surface area (Å²) in [7, 11) is 0. The van der Waals surface area contributed by atoms with E-state index in [-0.39, 0.29) is 17.5 Å². The summed E-state index contributed by atoms with van der Waals surface area (Å²) in [5, 5.41) is 12.2. The van der Waals surface area contributed by atoms with Crippen molar-refractivity contribution in [1.82, 2.24) is 14.8 Å². The highest BCUT2D eigenvalue weighted by atomic mass is 35.5. The van der Waals surface area contributed by atoms with Crippen LogP contribution in [0.4, 0.5) is 10.1 Å². The highest BCUT2D eigenvalue weighted by Crippen LogP contribution is 2.26. The highest BCUT2D eigenvalue weighted by Gasteiger charge is 2.17. The second-order valence-corrected chi connectivity index (χ2v) is 7.21. The molecular weight excluding hydrogens is 387 g/mol. The number of thioether (sulfide) groups is 1. The van der Waals surface area contributed by atoms with Gasteiger partial charge in [0.2, 0.25) is 5.91 Å². The molecule has 3 rings (SSSR count). The van der Waals surface area contributed by atoms with E-state index in [2.05, 4.69) is 15.5 Å². The van der Waals surface area contributed by atoms with Crippen molar-refractivity contribution in [3.63, 3.8) is 0 Å². The van der Waals surface area contributed by atoms with Gasteiger partial charge in [-0.05, 0) is 43.7 Å². The van der Waals surface area contributed by atoms with Crippen LogP contribution in [0.2, 0.25) is 5.02 Å². The summed E-state index contributed by atoms with van der Waals surface area (Å²) < 4.78 is 15.9. The average molecular weight is 405 g/mol. The molecule has 0 atom stereocenters. The summed E-state index contributed by atoms with van der Waals surface area (Å²) in [5.74, 6) is 0.0689. The SMILES string of the molecule is CCn1c(SCC(=O)Nc2cc(Cl)ccc2C)nnc1-c1ccccc1F. The third-order valence-corrected chi connectivity index (χ3v) is 5.16. The lowest BCUT2D eigenvalue weighted by atomic mass is 10.2. The van der Waals surface area contributed by atoms with Gasteiger partial charge in [0.25, 0.3) is 0 Å². The van der Waals surface area contributed by atoms with Crippen LogP contribution in [0.25, 0.3) is 11.4 Å². The van der Waals surface area contributed by atoms with Crippen LogP contribution >= 0.6 is 23.4 Å². The van der Waals surface area contributed by atoms with Crippen LogP contribution < -0.4 is 5.32 Å². The van der Waals surface area contributed by atoms with Gasteiger partial charge >= 0.3 is 0 Å². The van der Waals surface area contributed by atoms with Gasteiger partial charge in [0, 0.05) is 17.3 Å². The monoisotopic (exact) mass is 404 g/mol. The quantitative estimate of drug-likeness (QED) is 0.599. The second-order valence-electron chi connectivity index (χ2n) is 5.83. The fraction of sp³-hybridized carbons (Fsp3) is 0.211. The predicted molar refractivity (Wildman–Crippen MR) is 107 cm³/mol. The number of nitrogens with zero attached hydrogens (tertiary/aromatic N) is 3. The van der Waals surface area contributed by atoms with Crippen molar-refractivity contribution >= 4 is 35.0 Å². The number of rotatable bonds is 6. The number of amides is 1.